The van der Waals surface area contributed by atoms with Crippen molar-refractivity contribution in [2.75, 3.05) is 13.1 Å². The second-order valence-corrected chi connectivity index (χ2v) is 7.64. The van der Waals surface area contributed by atoms with Crippen molar-refractivity contribution in [2.45, 2.75) is 39.2 Å². The Labute approximate surface area is 127 Å². The molecule has 0 radical (unpaired) electrons. The fourth-order valence-electron chi connectivity index (χ4n) is 2.01. The Balaban J connectivity index is 2.06. The van der Waals surface area contributed by atoms with Crippen LogP contribution in [0.25, 0.3) is 0 Å². The molecule has 0 atom stereocenters. The molecule has 0 fully saturated rings. The Morgan fingerprint density at radius 2 is 1.89 bits per heavy atom. The molecule has 106 valence electrons. The molecule has 1 aliphatic rings. The number of hydrogen-bond donors (Lipinski definition) is 0. The molecule has 0 aliphatic carbocycles. The summed E-state index contributed by atoms with van der Waals surface area (Å²) in [5.74, 6) is 0. The van der Waals surface area contributed by atoms with Crippen molar-refractivity contribution in [3.63, 3.8) is 0 Å². The van der Waals surface area contributed by atoms with Gasteiger partial charge in [-0.15, -0.1) is 11.3 Å². The van der Waals surface area contributed by atoms with Gasteiger partial charge in [-0.05, 0) is 39.2 Å². The van der Waals surface area contributed by atoms with Crippen LogP contribution in [0.3, 0.4) is 0 Å². The lowest BCUT2D eigenvalue weighted by molar-refractivity contribution is 0.0258. The van der Waals surface area contributed by atoms with Gasteiger partial charge in [0.2, 0.25) is 0 Å². The van der Waals surface area contributed by atoms with Gasteiger partial charge >= 0.3 is 6.09 Å². The molecule has 0 aromatic carbocycles. The van der Waals surface area contributed by atoms with Gasteiger partial charge in [0.25, 0.3) is 0 Å². The number of ether oxygens (including phenoxy) is 1. The highest BCUT2D eigenvalue weighted by Crippen LogP contribution is 2.38. The lowest BCUT2D eigenvalue weighted by Gasteiger charge is -2.26. The molecule has 0 spiro atoms. The fraction of sp³-hybridized carbons (Fsp3) is 0.615. The standard InChI is InChI=1S/C13H17Cl2NO2S/c1-13(2,3)18-12(17)16-6-4-8-9(5-7-16)19-11(15)10(8)14/h4-7H2,1-3H3. The number of thiophene rings is 1. The maximum absolute atomic E-state index is 12.0. The number of nitrogens with zero attached hydrogens (tertiary/aromatic N) is 1. The van der Waals surface area contributed by atoms with Gasteiger partial charge < -0.3 is 9.64 Å². The molecule has 19 heavy (non-hydrogen) atoms. The summed E-state index contributed by atoms with van der Waals surface area (Å²) in [7, 11) is 0. The molecule has 1 aromatic heterocycles. The number of hydrogen-bond acceptors (Lipinski definition) is 3. The number of halogens is 2. The lowest BCUT2D eigenvalue weighted by atomic mass is 10.2. The monoisotopic (exact) mass is 321 g/mol. The molecule has 2 rings (SSSR count). The van der Waals surface area contributed by atoms with Gasteiger partial charge in [0, 0.05) is 18.0 Å². The van der Waals surface area contributed by atoms with E-state index in [4.69, 9.17) is 27.9 Å². The van der Waals surface area contributed by atoms with Crippen molar-refractivity contribution < 1.29 is 9.53 Å². The third-order valence-electron chi connectivity index (χ3n) is 2.88. The molecule has 1 aromatic rings. The Hall–Kier alpha value is -0.450. The van der Waals surface area contributed by atoms with Crippen LogP contribution in [0.4, 0.5) is 4.79 Å². The summed E-state index contributed by atoms with van der Waals surface area (Å²) in [4.78, 5) is 15.0. The number of carbonyl (C=O) groups excluding carboxylic acids is 1. The number of carbonyl (C=O) groups is 1. The predicted molar refractivity (Wildman–Crippen MR) is 79.6 cm³/mol. The molecule has 3 nitrogen and oxygen atoms in total. The molecule has 6 heteroatoms. The summed E-state index contributed by atoms with van der Waals surface area (Å²) < 4.78 is 6.04. The van der Waals surface area contributed by atoms with Crippen molar-refractivity contribution in [3.8, 4) is 0 Å². The van der Waals surface area contributed by atoms with E-state index in [2.05, 4.69) is 0 Å². The Kier molecular flexibility index (Phi) is 4.33. The molecule has 0 bridgehead atoms. The molecule has 1 amide bonds. The first-order chi connectivity index (χ1) is 8.78. The Morgan fingerprint density at radius 1 is 1.26 bits per heavy atom. The normalized spacial score (nSPS) is 15.9. The van der Waals surface area contributed by atoms with Crippen LogP contribution in [0.5, 0.6) is 0 Å². The highest BCUT2D eigenvalue weighted by molar-refractivity contribution is 7.17. The zero-order chi connectivity index (χ0) is 14.2. The van der Waals surface area contributed by atoms with Gasteiger partial charge in [-0.25, -0.2) is 4.79 Å². The van der Waals surface area contributed by atoms with Crippen LogP contribution in [-0.2, 0) is 17.6 Å². The van der Waals surface area contributed by atoms with Gasteiger partial charge in [-0.2, -0.15) is 0 Å². The van der Waals surface area contributed by atoms with Gasteiger partial charge in [0.15, 0.2) is 0 Å². The minimum Gasteiger partial charge on any atom is -0.444 e. The first-order valence-corrected chi connectivity index (χ1v) is 7.78. The zero-order valence-corrected chi connectivity index (χ0v) is 13.6. The first-order valence-electron chi connectivity index (χ1n) is 6.21. The smallest absolute Gasteiger partial charge is 0.410 e. The van der Waals surface area contributed by atoms with Crippen molar-refractivity contribution >= 4 is 40.6 Å². The van der Waals surface area contributed by atoms with E-state index in [9.17, 15) is 4.79 Å². The van der Waals surface area contributed by atoms with Crippen molar-refractivity contribution in [3.05, 3.63) is 19.8 Å². The van der Waals surface area contributed by atoms with E-state index in [0.717, 1.165) is 18.4 Å². The molecular weight excluding hydrogens is 305 g/mol. The fourth-order valence-corrected chi connectivity index (χ4v) is 3.73. The molecule has 0 unspecified atom stereocenters. The summed E-state index contributed by atoms with van der Waals surface area (Å²) in [6.45, 7) is 6.88. The van der Waals surface area contributed by atoms with Crippen LogP contribution in [0.15, 0.2) is 0 Å². The first kappa shape index (κ1) is 14.9. The van der Waals surface area contributed by atoms with E-state index in [0.29, 0.717) is 22.4 Å². The predicted octanol–water partition coefficient (Wildman–Crippen LogP) is 4.39. The van der Waals surface area contributed by atoms with Crippen LogP contribution in [0.1, 0.15) is 31.2 Å². The molecule has 0 saturated heterocycles. The van der Waals surface area contributed by atoms with Crippen molar-refractivity contribution in [1.29, 1.82) is 0 Å². The summed E-state index contributed by atoms with van der Waals surface area (Å²) in [6.07, 6.45) is 1.26. The highest BCUT2D eigenvalue weighted by atomic mass is 35.5. The van der Waals surface area contributed by atoms with Crippen LogP contribution >= 0.6 is 34.5 Å². The number of amides is 1. The topological polar surface area (TPSA) is 29.5 Å². The molecule has 0 N–H and O–H groups in total. The van der Waals surface area contributed by atoms with Gasteiger partial charge in [0.1, 0.15) is 9.94 Å². The largest absolute Gasteiger partial charge is 0.444 e. The summed E-state index contributed by atoms with van der Waals surface area (Å²) >= 11 is 13.7. The quantitative estimate of drug-likeness (QED) is 0.709. The van der Waals surface area contributed by atoms with Crippen molar-refractivity contribution in [1.82, 2.24) is 4.90 Å². The van der Waals surface area contributed by atoms with E-state index in [1.807, 2.05) is 20.8 Å². The Morgan fingerprint density at radius 3 is 2.53 bits per heavy atom. The van der Waals surface area contributed by atoms with E-state index in [1.54, 1.807) is 4.90 Å². The average molecular weight is 322 g/mol. The highest BCUT2D eigenvalue weighted by Gasteiger charge is 2.26. The second kappa shape index (κ2) is 5.51. The van der Waals surface area contributed by atoms with E-state index >= 15 is 0 Å². The average Bonchev–Trinajstić information content (AvgIpc) is 2.48. The van der Waals surface area contributed by atoms with Crippen LogP contribution < -0.4 is 0 Å². The van der Waals surface area contributed by atoms with Gasteiger partial charge in [-0.3, -0.25) is 0 Å². The SMILES string of the molecule is CC(C)(C)OC(=O)N1CCc2sc(Cl)c(Cl)c2CC1. The molecule has 0 saturated carbocycles. The van der Waals surface area contributed by atoms with E-state index < -0.39 is 5.60 Å². The van der Waals surface area contributed by atoms with Crippen LogP contribution in [0.2, 0.25) is 9.36 Å². The van der Waals surface area contributed by atoms with Gasteiger partial charge in [0.05, 0.1) is 5.02 Å². The minimum absolute atomic E-state index is 0.259. The maximum atomic E-state index is 12.0. The minimum atomic E-state index is -0.463. The van der Waals surface area contributed by atoms with E-state index in [1.165, 1.54) is 16.2 Å². The summed E-state index contributed by atoms with van der Waals surface area (Å²) in [5, 5.41) is 0.646. The molecule has 1 aliphatic heterocycles. The lowest BCUT2D eigenvalue weighted by Crippen LogP contribution is -2.38. The second-order valence-electron chi connectivity index (χ2n) is 5.56. The number of rotatable bonds is 0. The molecule has 2 heterocycles. The van der Waals surface area contributed by atoms with Crippen molar-refractivity contribution in [2.24, 2.45) is 0 Å². The van der Waals surface area contributed by atoms with E-state index in [-0.39, 0.29) is 6.09 Å². The third-order valence-corrected chi connectivity index (χ3v) is 5.01. The summed E-state index contributed by atoms with van der Waals surface area (Å²) in [5.41, 5.74) is 0.623. The van der Waals surface area contributed by atoms with Gasteiger partial charge in [-0.1, -0.05) is 23.2 Å². The molecular formula is C13H17Cl2NO2S. The maximum Gasteiger partial charge on any atom is 0.410 e. The Bertz CT molecular complexity index is 494. The van der Waals surface area contributed by atoms with Crippen LogP contribution in [-0.4, -0.2) is 29.7 Å². The summed E-state index contributed by atoms with van der Waals surface area (Å²) in [6, 6.07) is 0. The van der Waals surface area contributed by atoms with Crippen LogP contribution in [0, 0.1) is 0 Å². The zero-order valence-electron chi connectivity index (χ0n) is 11.3. The third kappa shape index (κ3) is 3.56. The number of fused-ring (bicyclic) bond motifs is 1.